The molecule has 0 saturated carbocycles. The molecule has 86 valence electrons. The van der Waals surface area contributed by atoms with E-state index in [4.69, 9.17) is 9.47 Å². The molecule has 0 radical (unpaired) electrons. The highest BCUT2D eigenvalue weighted by Crippen LogP contribution is 2.01. The van der Waals surface area contributed by atoms with Crippen LogP contribution in [0.15, 0.2) is 4.99 Å². The fraction of sp³-hybridized carbons (Fsp3) is 0.800. The first-order chi connectivity index (χ1) is 7.20. The van der Waals surface area contributed by atoms with E-state index in [2.05, 4.69) is 22.4 Å². The van der Waals surface area contributed by atoms with Gasteiger partial charge in [0.1, 0.15) is 0 Å². The number of esters is 1. The van der Waals surface area contributed by atoms with Crippen LogP contribution in [-0.4, -0.2) is 30.6 Å². The van der Waals surface area contributed by atoms with Crippen molar-refractivity contribution in [2.24, 2.45) is 4.99 Å². The molecule has 0 saturated heterocycles. The van der Waals surface area contributed by atoms with Crippen molar-refractivity contribution in [3.05, 3.63) is 0 Å². The molecule has 0 fully saturated rings. The molecule has 0 N–H and O–H groups in total. The lowest BCUT2D eigenvalue weighted by atomic mass is 10.2. The van der Waals surface area contributed by atoms with E-state index in [-0.39, 0.29) is 5.97 Å². The maximum atomic E-state index is 11.1. The summed E-state index contributed by atoms with van der Waals surface area (Å²) in [5, 5.41) is 2.23. The fourth-order valence-electron chi connectivity index (χ4n) is 0.909. The summed E-state index contributed by atoms with van der Waals surface area (Å²) in [6.45, 7) is 4.54. The summed E-state index contributed by atoms with van der Waals surface area (Å²) in [4.78, 5) is 14.8. The molecule has 0 aromatic carbocycles. The van der Waals surface area contributed by atoms with Gasteiger partial charge in [-0.3, -0.25) is 4.79 Å². The maximum absolute atomic E-state index is 11.1. The summed E-state index contributed by atoms with van der Waals surface area (Å²) < 4.78 is 10.2. The van der Waals surface area contributed by atoms with Crippen LogP contribution < -0.4 is 0 Å². The normalized spacial score (nSPS) is 11.6. The quantitative estimate of drug-likeness (QED) is 0.211. The Kier molecular flexibility index (Phi) is 9.27. The Bertz CT molecular complexity index is 227. The number of hydrogen-bond acceptors (Lipinski definition) is 5. The van der Waals surface area contributed by atoms with Crippen LogP contribution in [0.4, 0.5) is 0 Å². The first-order valence-electron chi connectivity index (χ1n) is 5.05. The number of carbonyl (C=O) groups excluding carboxylic acids is 1. The van der Waals surface area contributed by atoms with Crippen molar-refractivity contribution in [3.63, 3.8) is 0 Å². The van der Waals surface area contributed by atoms with Gasteiger partial charge in [0.2, 0.25) is 0 Å². The number of thiocarbonyl (C=S) groups is 1. The van der Waals surface area contributed by atoms with Crippen LogP contribution in [0.25, 0.3) is 0 Å². The summed E-state index contributed by atoms with van der Waals surface area (Å²) in [5.41, 5.74) is 0. The average molecular weight is 231 g/mol. The van der Waals surface area contributed by atoms with E-state index in [9.17, 15) is 4.79 Å². The van der Waals surface area contributed by atoms with Gasteiger partial charge in [-0.2, -0.15) is 0 Å². The van der Waals surface area contributed by atoms with Gasteiger partial charge in [0.25, 0.3) is 0 Å². The minimum Gasteiger partial charge on any atom is -0.436 e. The Morgan fingerprint density at radius 3 is 2.93 bits per heavy atom. The lowest BCUT2D eigenvalue weighted by molar-refractivity contribution is -0.174. The molecule has 0 aliphatic heterocycles. The lowest BCUT2D eigenvalue weighted by Gasteiger charge is -2.12. The van der Waals surface area contributed by atoms with Crippen LogP contribution in [-0.2, 0) is 14.3 Å². The summed E-state index contributed by atoms with van der Waals surface area (Å²) in [6.07, 6.45) is 1.76. The zero-order valence-corrected chi connectivity index (χ0v) is 10.0. The predicted molar refractivity (Wildman–Crippen MR) is 60.9 cm³/mol. The minimum atomic E-state index is -0.519. The summed E-state index contributed by atoms with van der Waals surface area (Å²) >= 11 is 4.39. The smallest absolute Gasteiger partial charge is 0.308 e. The van der Waals surface area contributed by atoms with Gasteiger partial charge >= 0.3 is 5.97 Å². The molecule has 4 nitrogen and oxygen atoms in total. The molecule has 5 heteroatoms. The molecule has 1 unspecified atom stereocenters. The SMILES string of the molecule is CCCCC(=O)OC(C)OCCN=C=S. The number of ether oxygens (including phenoxy) is 2. The molecule has 1 atom stereocenters. The molecule has 0 aromatic rings. The van der Waals surface area contributed by atoms with Crippen molar-refractivity contribution < 1.29 is 14.3 Å². The predicted octanol–water partition coefficient (Wildman–Crippen LogP) is 2.19. The molecule has 15 heavy (non-hydrogen) atoms. The Morgan fingerprint density at radius 2 is 2.33 bits per heavy atom. The zero-order chi connectivity index (χ0) is 11.5. The second-order valence-corrected chi connectivity index (χ2v) is 3.19. The number of hydrogen-bond donors (Lipinski definition) is 0. The van der Waals surface area contributed by atoms with Gasteiger partial charge in [-0.15, -0.1) is 0 Å². The van der Waals surface area contributed by atoms with E-state index in [1.807, 2.05) is 6.92 Å². The van der Waals surface area contributed by atoms with E-state index in [1.165, 1.54) is 0 Å². The van der Waals surface area contributed by atoms with Gasteiger partial charge in [0.15, 0.2) is 6.29 Å². The van der Waals surface area contributed by atoms with E-state index >= 15 is 0 Å². The van der Waals surface area contributed by atoms with Gasteiger partial charge in [-0.05, 0) is 25.6 Å². The molecule has 0 amide bonds. The lowest BCUT2D eigenvalue weighted by Crippen LogP contribution is -2.19. The summed E-state index contributed by atoms with van der Waals surface area (Å²) in [5.74, 6) is -0.220. The standard InChI is InChI=1S/C10H17NO3S/c1-3-4-5-10(12)14-9(2)13-7-6-11-8-15/h9H,3-7H2,1-2H3. The molecule has 0 spiro atoms. The highest BCUT2D eigenvalue weighted by Gasteiger charge is 2.08. The number of carbonyl (C=O) groups is 1. The van der Waals surface area contributed by atoms with Crippen molar-refractivity contribution in [3.8, 4) is 0 Å². The molecule has 0 rings (SSSR count). The van der Waals surface area contributed by atoms with E-state index in [1.54, 1.807) is 6.92 Å². The Hall–Kier alpha value is -0.770. The van der Waals surface area contributed by atoms with Gasteiger partial charge in [-0.1, -0.05) is 13.3 Å². The van der Waals surface area contributed by atoms with Crippen molar-refractivity contribution in [1.82, 2.24) is 0 Å². The van der Waals surface area contributed by atoms with Crippen LogP contribution in [0.5, 0.6) is 0 Å². The van der Waals surface area contributed by atoms with Crippen LogP contribution in [0.2, 0.25) is 0 Å². The van der Waals surface area contributed by atoms with E-state index in [0.29, 0.717) is 19.6 Å². The Labute approximate surface area is 95.7 Å². The first-order valence-corrected chi connectivity index (χ1v) is 5.46. The maximum Gasteiger partial charge on any atom is 0.308 e. The highest BCUT2D eigenvalue weighted by atomic mass is 32.1. The minimum absolute atomic E-state index is 0.220. The number of rotatable bonds is 8. The molecular weight excluding hydrogens is 214 g/mol. The zero-order valence-electron chi connectivity index (χ0n) is 9.19. The van der Waals surface area contributed by atoms with Gasteiger partial charge in [-0.25, -0.2) is 4.99 Å². The van der Waals surface area contributed by atoms with Crippen molar-refractivity contribution in [1.29, 1.82) is 0 Å². The third kappa shape index (κ3) is 9.53. The Balaban J connectivity index is 3.50. The van der Waals surface area contributed by atoms with Gasteiger partial charge in [0, 0.05) is 6.42 Å². The first kappa shape index (κ1) is 14.2. The summed E-state index contributed by atoms with van der Waals surface area (Å²) in [7, 11) is 0. The number of nitrogens with zero attached hydrogens (tertiary/aromatic N) is 1. The van der Waals surface area contributed by atoms with Crippen molar-refractivity contribution >= 4 is 23.3 Å². The number of aliphatic imine (C=N–C) groups is 1. The van der Waals surface area contributed by atoms with Gasteiger partial charge < -0.3 is 9.47 Å². The molecular formula is C10H17NO3S. The molecule has 0 aliphatic rings. The second-order valence-electron chi connectivity index (χ2n) is 3.00. The average Bonchev–Trinajstić information content (AvgIpc) is 2.21. The molecule has 0 aromatic heterocycles. The highest BCUT2D eigenvalue weighted by molar-refractivity contribution is 7.78. The molecule has 0 aliphatic carbocycles. The Morgan fingerprint density at radius 1 is 1.60 bits per heavy atom. The van der Waals surface area contributed by atoms with Crippen LogP contribution in [0, 0.1) is 0 Å². The van der Waals surface area contributed by atoms with E-state index in [0.717, 1.165) is 12.8 Å². The van der Waals surface area contributed by atoms with Crippen molar-refractivity contribution in [2.45, 2.75) is 39.4 Å². The largest absolute Gasteiger partial charge is 0.436 e. The van der Waals surface area contributed by atoms with Crippen LogP contribution in [0.3, 0.4) is 0 Å². The van der Waals surface area contributed by atoms with Crippen LogP contribution in [0.1, 0.15) is 33.1 Å². The number of isothiocyanates is 1. The third-order valence-corrected chi connectivity index (χ3v) is 1.78. The molecule has 0 heterocycles. The second kappa shape index (κ2) is 9.77. The number of unbranched alkanes of at least 4 members (excludes halogenated alkanes) is 1. The monoisotopic (exact) mass is 231 g/mol. The van der Waals surface area contributed by atoms with Crippen molar-refractivity contribution in [2.75, 3.05) is 13.2 Å². The third-order valence-electron chi connectivity index (χ3n) is 1.65. The van der Waals surface area contributed by atoms with Crippen LogP contribution >= 0.6 is 12.2 Å². The fourth-order valence-corrected chi connectivity index (χ4v) is 1.00. The topological polar surface area (TPSA) is 47.9 Å². The molecule has 0 bridgehead atoms. The van der Waals surface area contributed by atoms with E-state index < -0.39 is 6.29 Å². The van der Waals surface area contributed by atoms with Gasteiger partial charge in [0.05, 0.1) is 18.3 Å². The summed E-state index contributed by atoms with van der Waals surface area (Å²) in [6, 6.07) is 0.